The zero-order valence-electron chi connectivity index (χ0n) is 8.95. The van der Waals surface area contributed by atoms with Gasteiger partial charge in [-0.05, 0) is 31.4 Å². The Hall–Kier alpha value is -0.410. The molecule has 0 N–H and O–H groups in total. The van der Waals surface area contributed by atoms with Crippen LogP contribution in [0.2, 0.25) is 0 Å². The standard InChI is InChI=1S/C12H16BrNO/c1-9-4-2-6-14-11(9)8-10(13)12-5-3-7-15-12/h2,4,6,10,12H,3,5,7-8H2,1H3. The topological polar surface area (TPSA) is 22.1 Å². The number of ether oxygens (including phenoxy) is 1. The molecule has 0 amide bonds. The van der Waals surface area contributed by atoms with E-state index in [0.29, 0.717) is 10.9 Å². The van der Waals surface area contributed by atoms with E-state index in [0.717, 1.165) is 13.0 Å². The predicted octanol–water partition coefficient (Wildman–Crippen LogP) is 2.88. The molecule has 82 valence electrons. The Balaban J connectivity index is 1.99. The number of aryl methyl sites for hydroxylation is 1. The molecule has 15 heavy (non-hydrogen) atoms. The van der Waals surface area contributed by atoms with Crippen LogP contribution in [-0.4, -0.2) is 22.5 Å². The summed E-state index contributed by atoms with van der Waals surface area (Å²) in [4.78, 5) is 4.80. The first-order chi connectivity index (χ1) is 7.27. The molecule has 0 bridgehead atoms. The summed E-state index contributed by atoms with van der Waals surface area (Å²) in [5, 5.41) is 0. The number of alkyl halides is 1. The molecule has 1 aliphatic rings. The Labute approximate surface area is 99.2 Å². The third kappa shape index (κ3) is 2.79. The maximum atomic E-state index is 5.65. The van der Waals surface area contributed by atoms with E-state index in [1.54, 1.807) is 0 Å². The van der Waals surface area contributed by atoms with Crippen LogP contribution in [0, 0.1) is 6.92 Å². The summed E-state index contributed by atoms with van der Waals surface area (Å²) in [6, 6.07) is 4.09. The van der Waals surface area contributed by atoms with Crippen molar-refractivity contribution in [1.82, 2.24) is 4.98 Å². The second-order valence-corrected chi connectivity index (χ2v) is 5.21. The fourth-order valence-electron chi connectivity index (χ4n) is 1.94. The number of halogens is 1. The van der Waals surface area contributed by atoms with Crippen molar-refractivity contribution < 1.29 is 4.74 Å². The Bertz CT molecular complexity index is 323. The smallest absolute Gasteiger partial charge is 0.0704 e. The minimum atomic E-state index is 0.367. The van der Waals surface area contributed by atoms with Crippen LogP contribution in [0.1, 0.15) is 24.1 Å². The Morgan fingerprint density at radius 3 is 3.20 bits per heavy atom. The monoisotopic (exact) mass is 269 g/mol. The second-order valence-electron chi connectivity index (χ2n) is 4.04. The van der Waals surface area contributed by atoms with E-state index in [2.05, 4.69) is 33.9 Å². The first-order valence-electron chi connectivity index (χ1n) is 5.43. The van der Waals surface area contributed by atoms with Gasteiger partial charge in [-0.3, -0.25) is 4.98 Å². The van der Waals surface area contributed by atoms with Gasteiger partial charge in [-0.15, -0.1) is 0 Å². The Kier molecular flexibility index (Phi) is 3.76. The maximum absolute atomic E-state index is 5.65. The number of hydrogen-bond acceptors (Lipinski definition) is 2. The fourth-order valence-corrected chi connectivity index (χ4v) is 2.66. The second kappa shape index (κ2) is 5.08. The van der Waals surface area contributed by atoms with Crippen molar-refractivity contribution in [2.45, 2.75) is 37.1 Å². The molecule has 1 fully saturated rings. The number of pyridine rings is 1. The van der Waals surface area contributed by atoms with Crippen molar-refractivity contribution >= 4 is 15.9 Å². The average Bonchev–Trinajstić information content (AvgIpc) is 2.74. The van der Waals surface area contributed by atoms with Gasteiger partial charge in [0.2, 0.25) is 0 Å². The summed E-state index contributed by atoms with van der Waals surface area (Å²) in [7, 11) is 0. The first-order valence-corrected chi connectivity index (χ1v) is 6.35. The van der Waals surface area contributed by atoms with E-state index < -0.39 is 0 Å². The molecule has 0 spiro atoms. The molecule has 1 aromatic rings. The van der Waals surface area contributed by atoms with E-state index >= 15 is 0 Å². The minimum Gasteiger partial charge on any atom is -0.377 e. The first kappa shape index (κ1) is 11.1. The summed E-state index contributed by atoms with van der Waals surface area (Å²) < 4.78 is 5.65. The van der Waals surface area contributed by atoms with E-state index in [9.17, 15) is 0 Å². The van der Waals surface area contributed by atoms with Gasteiger partial charge in [0.25, 0.3) is 0 Å². The highest BCUT2D eigenvalue weighted by Gasteiger charge is 2.24. The fraction of sp³-hybridized carbons (Fsp3) is 0.583. The molecule has 2 unspecified atom stereocenters. The van der Waals surface area contributed by atoms with Crippen molar-refractivity contribution in [1.29, 1.82) is 0 Å². The van der Waals surface area contributed by atoms with Crippen molar-refractivity contribution in [2.75, 3.05) is 6.61 Å². The summed E-state index contributed by atoms with van der Waals surface area (Å²) in [6.07, 6.45) is 5.54. The third-order valence-corrected chi connectivity index (χ3v) is 3.79. The van der Waals surface area contributed by atoms with Crippen LogP contribution in [0.5, 0.6) is 0 Å². The highest BCUT2D eigenvalue weighted by molar-refractivity contribution is 9.09. The number of hydrogen-bond donors (Lipinski definition) is 0. The van der Waals surface area contributed by atoms with E-state index in [-0.39, 0.29) is 0 Å². The van der Waals surface area contributed by atoms with Crippen molar-refractivity contribution in [3.05, 3.63) is 29.6 Å². The molecular formula is C12H16BrNO. The van der Waals surface area contributed by atoms with Crippen molar-refractivity contribution in [3.63, 3.8) is 0 Å². The Morgan fingerprint density at radius 1 is 1.67 bits per heavy atom. The average molecular weight is 270 g/mol. The zero-order valence-corrected chi connectivity index (χ0v) is 10.5. The van der Waals surface area contributed by atoms with Crippen LogP contribution in [0.25, 0.3) is 0 Å². The van der Waals surface area contributed by atoms with Gasteiger partial charge in [-0.2, -0.15) is 0 Å². The van der Waals surface area contributed by atoms with Crippen LogP contribution in [-0.2, 0) is 11.2 Å². The molecule has 1 aliphatic heterocycles. The number of nitrogens with zero attached hydrogens (tertiary/aromatic N) is 1. The van der Waals surface area contributed by atoms with Crippen LogP contribution in [0.4, 0.5) is 0 Å². The number of rotatable bonds is 3. The molecule has 2 atom stereocenters. The molecule has 0 saturated carbocycles. The highest BCUT2D eigenvalue weighted by atomic mass is 79.9. The minimum absolute atomic E-state index is 0.367. The molecule has 0 aliphatic carbocycles. The molecule has 2 heterocycles. The molecule has 1 saturated heterocycles. The Morgan fingerprint density at radius 2 is 2.53 bits per heavy atom. The SMILES string of the molecule is Cc1cccnc1CC(Br)C1CCCO1. The van der Waals surface area contributed by atoms with Gasteiger partial charge in [0.15, 0.2) is 0 Å². The van der Waals surface area contributed by atoms with Gasteiger partial charge in [0, 0.05) is 29.7 Å². The van der Waals surface area contributed by atoms with Gasteiger partial charge in [0.1, 0.15) is 0 Å². The molecular weight excluding hydrogens is 254 g/mol. The van der Waals surface area contributed by atoms with Gasteiger partial charge in [-0.1, -0.05) is 22.0 Å². The summed E-state index contributed by atoms with van der Waals surface area (Å²) in [6.45, 7) is 3.02. The predicted molar refractivity (Wildman–Crippen MR) is 64.4 cm³/mol. The third-order valence-electron chi connectivity index (χ3n) is 2.87. The van der Waals surface area contributed by atoms with Gasteiger partial charge >= 0.3 is 0 Å². The van der Waals surface area contributed by atoms with E-state index in [1.165, 1.54) is 24.1 Å². The van der Waals surface area contributed by atoms with Gasteiger partial charge in [0.05, 0.1) is 6.10 Å². The lowest BCUT2D eigenvalue weighted by atomic mass is 10.1. The summed E-state index contributed by atoms with van der Waals surface area (Å²) in [5.74, 6) is 0. The van der Waals surface area contributed by atoms with Crippen molar-refractivity contribution in [2.24, 2.45) is 0 Å². The van der Waals surface area contributed by atoms with Gasteiger partial charge in [-0.25, -0.2) is 0 Å². The molecule has 2 rings (SSSR count). The van der Waals surface area contributed by atoms with Crippen molar-refractivity contribution in [3.8, 4) is 0 Å². The van der Waals surface area contributed by atoms with E-state index in [1.807, 2.05) is 12.3 Å². The number of aromatic nitrogens is 1. The van der Waals surface area contributed by atoms with Crippen LogP contribution < -0.4 is 0 Å². The zero-order chi connectivity index (χ0) is 10.7. The molecule has 0 radical (unpaired) electrons. The van der Waals surface area contributed by atoms with E-state index in [4.69, 9.17) is 4.74 Å². The van der Waals surface area contributed by atoms with Gasteiger partial charge < -0.3 is 4.74 Å². The molecule has 1 aromatic heterocycles. The molecule has 3 heteroatoms. The van der Waals surface area contributed by atoms with Crippen LogP contribution in [0.15, 0.2) is 18.3 Å². The molecule has 0 aromatic carbocycles. The molecule has 2 nitrogen and oxygen atoms in total. The lowest BCUT2D eigenvalue weighted by Gasteiger charge is -2.17. The lowest BCUT2D eigenvalue weighted by Crippen LogP contribution is -2.22. The summed E-state index contributed by atoms with van der Waals surface area (Å²) in [5.41, 5.74) is 2.44. The quantitative estimate of drug-likeness (QED) is 0.788. The highest BCUT2D eigenvalue weighted by Crippen LogP contribution is 2.24. The van der Waals surface area contributed by atoms with Crippen LogP contribution >= 0.6 is 15.9 Å². The largest absolute Gasteiger partial charge is 0.377 e. The lowest BCUT2D eigenvalue weighted by molar-refractivity contribution is 0.110. The van der Waals surface area contributed by atoms with Crippen LogP contribution in [0.3, 0.4) is 0 Å². The normalized spacial score (nSPS) is 22.9. The summed E-state index contributed by atoms with van der Waals surface area (Å²) >= 11 is 3.71. The maximum Gasteiger partial charge on any atom is 0.0704 e.